The van der Waals surface area contributed by atoms with Crippen LogP contribution in [0.4, 0.5) is 5.69 Å². The van der Waals surface area contributed by atoms with Crippen molar-refractivity contribution in [3.05, 3.63) is 63.4 Å². The van der Waals surface area contributed by atoms with Crippen LogP contribution in [0.15, 0.2) is 52.4 Å². The Kier molecular flexibility index (Phi) is 6.98. The predicted octanol–water partition coefficient (Wildman–Crippen LogP) is 5.14. The summed E-state index contributed by atoms with van der Waals surface area (Å²) in [7, 11) is 0. The molecule has 3 aromatic rings. The van der Waals surface area contributed by atoms with Crippen LogP contribution in [0.3, 0.4) is 0 Å². The third-order valence-electron chi connectivity index (χ3n) is 4.56. The fraction of sp³-hybridized carbons (Fsp3) is 0.318. The first-order valence-corrected chi connectivity index (χ1v) is 10.9. The van der Waals surface area contributed by atoms with Gasteiger partial charge in [0.1, 0.15) is 0 Å². The number of nitrogens with one attached hydrogen (secondary N) is 1. The molecule has 0 aliphatic rings. The van der Waals surface area contributed by atoms with Gasteiger partial charge in [-0.25, -0.2) is 4.98 Å². The Bertz CT molecular complexity index is 1100. The zero-order valence-electron chi connectivity index (χ0n) is 16.7. The monoisotopic (exact) mass is 429 g/mol. The molecule has 0 fully saturated rings. The van der Waals surface area contributed by atoms with Crippen LogP contribution in [0.25, 0.3) is 10.9 Å². The zero-order valence-corrected chi connectivity index (χ0v) is 18.3. The van der Waals surface area contributed by atoms with Crippen LogP contribution >= 0.6 is 23.4 Å². The summed E-state index contributed by atoms with van der Waals surface area (Å²) < 4.78 is 1.67. The van der Waals surface area contributed by atoms with Crippen molar-refractivity contribution in [2.24, 2.45) is 5.92 Å². The fourth-order valence-corrected chi connectivity index (χ4v) is 3.89. The second kappa shape index (κ2) is 9.46. The van der Waals surface area contributed by atoms with E-state index in [0.717, 1.165) is 17.7 Å². The van der Waals surface area contributed by atoms with Crippen molar-refractivity contribution >= 4 is 45.9 Å². The quantitative estimate of drug-likeness (QED) is 0.417. The minimum atomic E-state index is -0.139. The summed E-state index contributed by atoms with van der Waals surface area (Å²) >= 11 is 7.34. The molecule has 2 aromatic carbocycles. The Morgan fingerprint density at radius 2 is 2.00 bits per heavy atom. The van der Waals surface area contributed by atoms with Crippen molar-refractivity contribution in [2.45, 2.75) is 38.9 Å². The molecule has 0 radical (unpaired) electrons. The van der Waals surface area contributed by atoms with E-state index in [2.05, 4.69) is 24.1 Å². The maximum absolute atomic E-state index is 13.0. The van der Waals surface area contributed by atoms with E-state index in [0.29, 0.717) is 33.5 Å². The number of carbonyl (C=O) groups excluding carboxylic acids is 1. The topological polar surface area (TPSA) is 64.0 Å². The minimum Gasteiger partial charge on any atom is -0.325 e. The molecule has 0 unspecified atom stereocenters. The average molecular weight is 430 g/mol. The van der Waals surface area contributed by atoms with E-state index in [1.807, 2.05) is 31.2 Å². The smallest absolute Gasteiger partial charge is 0.262 e. The number of rotatable bonds is 7. The lowest BCUT2D eigenvalue weighted by molar-refractivity contribution is -0.113. The summed E-state index contributed by atoms with van der Waals surface area (Å²) in [6, 6.07) is 12.7. The van der Waals surface area contributed by atoms with Crippen molar-refractivity contribution < 1.29 is 4.79 Å². The molecule has 0 saturated carbocycles. The molecule has 0 spiro atoms. The number of nitrogens with zero attached hydrogens (tertiary/aromatic N) is 2. The number of thioether (sulfide) groups is 1. The van der Waals surface area contributed by atoms with Crippen LogP contribution in [-0.2, 0) is 11.3 Å². The highest BCUT2D eigenvalue weighted by Gasteiger charge is 2.14. The molecule has 5 nitrogen and oxygen atoms in total. The molecular weight excluding hydrogens is 406 g/mol. The Morgan fingerprint density at radius 3 is 2.72 bits per heavy atom. The Morgan fingerprint density at radius 1 is 1.24 bits per heavy atom. The van der Waals surface area contributed by atoms with E-state index in [4.69, 9.17) is 11.6 Å². The van der Waals surface area contributed by atoms with Gasteiger partial charge in [0.05, 0.1) is 16.7 Å². The number of benzene rings is 2. The number of fused-ring (bicyclic) bond motifs is 1. The first-order chi connectivity index (χ1) is 13.8. The van der Waals surface area contributed by atoms with E-state index in [1.165, 1.54) is 11.8 Å². The third kappa shape index (κ3) is 5.40. The second-order valence-electron chi connectivity index (χ2n) is 7.35. The van der Waals surface area contributed by atoms with E-state index in [1.54, 1.807) is 22.8 Å². The van der Waals surface area contributed by atoms with Gasteiger partial charge in [-0.1, -0.05) is 55.4 Å². The van der Waals surface area contributed by atoms with Crippen LogP contribution in [0.2, 0.25) is 5.02 Å². The molecule has 3 rings (SSSR count). The van der Waals surface area contributed by atoms with Crippen LogP contribution in [-0.4, -0.2) is 21.2 Å². The van der Waals surface area contributed by atoms with E-state index < -0.39 is 0 Å². The molecule has 7 heteroatoms. The molecule has 1 aromatic heterocycles. The Balaban J connectivity index is 1.86. The molecule has 1 N–H and O–H groups in total. The maximum Gasteiger partial charge on any atom is 0.262 e. The van der Waals surface area contributed by atoms with Gasteiger partial charge in [0, 0.05) is 17.3 Å². The van der Waals surface area contributed by atoms with E-state index in [-0.39, 0.29) is 17.2 Å². The summed E-state index contributed by atoms with van der Waals surface area (Å²) in [5.74, 6) is 0.472. The molecule has 1 amide bonds. The molecule has 1 heterocycles. The van der Waals surface area contributed by atoms with Gasteiger partial charge in [-0.2, -0.15) is 0 Å². The highest BCUT2D eigenvalue weighted by Crippen LogP contribution is 2.22. The number of aromatic nitrogens is 2. The third-order valence-corrected chi connectivity index (χ3v) is 5.78. The van der Waals surface area contributed by atoms with Gasteiger partial charge in [0.15, 0.2) is 5.16 Å². The molecule has 29 heavy (non-hydrogen) atoms. The molecule has 0 atom stereocenters. The zero-order chi connectivity index (χ0) is 21.0. The fourth-order valence-electron chi connectivity index (χ4n) is 2.90. The summed E-state index contributed by atoms with van der Waals surface area (Å²) in [5, 5.41) is 4.51. The van der Waals surface area contributed by atoms with Gasteiger partial charge >= 0.3 is 0 Å². The molecule has 152 valence electrons. The molecule has 0 bridgehead atoms. The van der Waals surface area contributed by atoms with Crippen LogP contribution in [0.1, 0.15) is 25.8 Å². The number of hydrogen-bond acceptors (Lipinski definition) is 4. The molecule has 0 aliphatic carbocycles. The summed E-state index contributed by atoms with van der Waals surface area (Å²) in [5.41, 5.74) is 2.23. The van der Waals surface area contributed by atoms with Crippen LogP contribution in [0.5, 0.6) is 0 Å². The number of para-hydroxylation sites is 1. The van der Waals surface area contributed by atoms with Crippen molar-refractivity contribution in [1.82, 2.24) is 9.55 Å². The van der Waals surface area contributed by atoms with Gasteiger partial charge in [-0.3, -0.25) is 14.2 Å². The lowest BCUT2D eigenvalue weighted by Crippen LogP contribution is -2.25. The predicted molar refractivity (Wildman–Crippen MR) is 121 cm³/mol. The number of amides is 1. The van der Waals surface area contributed by atoms with Gasteiger partial charge in [0.2, 0.25) is 5.91 Å². The van der Waals surface area contributed by atoms with Crippen LogP contribution < -0.4 is 10.9 Å². The highest BCUT2D eigenvalue weighted by molar-refractivity contribution is 7.99. The normalized spacial score (nSPS) is 11.2. The Hall–Kier alpha value is -2.31. The second-order valence-corrected chi connectivity index (χ2v) is 8.73. The lowest BCUT2D eigenvalue weighted by Gasteiger charge is -2.14. The van der Waals surface area contributed by atoms with Gasteiger partial charge in [0.25, 0.3) is 5.56 Å². The highest BCUT2D eigenvalue weighted by atomic mass is 35.5. The van der Waals surface area contributed by atoms with E-state index in [9.17, 15) is 9.59 Å². The summed E-state index contributed by atoms with van der Waals surface area (Å²) in [4.78, 5) is 30.1. The molecular formula is C22H24ClN3O2S. The SMILES string of the molecule is Cc1ccccc1NC(=O)CSc1nc2cc(Cl)ccc2c(=O)n1CCC(C)C. The number of hydrogen-bond donors (Lipinski definition) is 1. The standard InChI is InChI=1S/C22H24ClN3O2S/c1-14(2)10-11-26-21(28)17-9-8-16(23)12-19(17)25-22(26)29-13-20(27)24-18-7-5-4-6-15(18)3/h4-9,12,14H,10-11,13H2,1-3H3,(H,24,27). The van der Waals surface area contributed by atoms with Gasteiger partial charge < -0.3 is 5.32 Å². The largest absolute Gasteiger partial charge is 0.325 e. The minimum absolute atomic E-state index is 0.103. The van der Waals surface area contributed by atoms with Crippen molar-refractivity contribution in [3.63, 3.8) is 0 Å². The first kappa shape index (κ1) is 21.4. The summed E-state index contributed by atoms with van der Waals surface area (Å²) in [6.45, 7) is 6.73. The van der Waals surface area contributed by atoms with E-state index >= 15 is 0 Å². The van der Waals surface area contributed by atoms with Crippen LogP contribution in [0, 0.1) is 12.8 Å². The molecule has 0 saturated heterocycles. The number of anilines is 1. The summed E-state index contributed by atoms with van der Waals surface area (Å²) in [6.07, 6.45) is 0.851. The van der Waals surface area contributed by atoms with Crippen molar-refractivity contribution in [3.8, 4) is 0 Å². The lowest BCUT2D eigenvalue weighted by atomic mass is 10.1. The number of aryl methyl sites for hydroxylation is 1. The number of carbonyl (C=O) groups is 1. The Labute approximate surface area is 179 Å². The van der Waals surface area contributed by atoms with Crippen molar-refractivity contribution in [2.75, 3.05) is 11.1 Å². The van der Waals surface area contributed by atoms with Gasteiger partial charge in [-0.05, 0) is 49.1 Å². The number of halogens is 1. The molecule has 0 aliphatic heterocycles. The maximum atomic E-state index is 13.0. The first-order valence-electron chi connectivity index (χ1n) is 9.53. The average Bonchev–Trinajstić information content (AvgIpc) is 2.67. The van der Waals surface area contributed by atoms with Crippen molar-refractivity contribution in [1.29, 1.82) is 0 Å². The van der Waals surface area contributed by atoms with Gasteiger partial charge in [-0.15, -0.1) is 0 Å².